The second kappa shape index (κ2) is 4.71. The first kappa shape index (κ1) is 11.7. The summed E-state index contributed by atoms with van der Waals surface area (Å²) in [5.41, 5.74) is 3.10. The van der Waals surface area contributed by atoms with E-state index in [1.165, 1.54) is 36.0 Å². The highest BCUT2D eigenvalue weighted by molar-refractivity contribution is 9.10. The van der Waals surface area contributed by atoms with Gasteiger partial charge >= 0.3 is 0 Å². The van der Waals surface area contributed by atoms with Gasteiger partial charge in [-0.05, 0) is 43.0 Å². The highest BCUT2D eigenvalue weighted by Gasteiger charge is 2.30. The minimum Gasteiger partial charge on any atom is -0.312 e. The maximum absolute atomic E-state index is 3.57. The Morgan fingerprint density at radius 2 is 2.29 bits per heavy atom. The van der Waals surface area contributed by atoms with Crippen LogP contribution in [0.3, 0.4) is 0 Å². The molecule has 1 aliphatic heterocycles. The van der Waals surface area contributed by atoms with Crippen LogP contribution in [-0.4, -0.2) is 30.6 Å². The van der Waals surface area contributed by atoms with Gasteiger partial charge in [0, 0.05) is 36.2 Å². The number of hydrogen-bond acceptors (Lipinski definition) is 2. The van der Waals surface area contributed by atoms with E-state index in [9.17, 15) is 0 Å². The summed E-state index contributed by atoms with van der Waals surface area (Å²) in [6.45, 7) is 5.78. The maximum atomic E-state index is 3.57. The average molecular weight is 295 g/mol. The Morgan fingerprint density at radius 1 is 1.41 bits per heavy atom. The molecule has 1 N–H and O–H groups in total. The van der Waals surface area contributed by atoms with Crippen molar-refractivity contribution >= 4 is 15.9 Å². The number of rotatable bonds is 1. The third kappa shape index (κ3) is 2.28. The van der Waals surface area contributed by atoms with Crippen LogP contribution in [0.2, 0.25) is 0 Å². The largest absolute Gasteiger partial charge is 0.312 e. The van der Waals surface area contributed by atoms with Crippen LogP contribution in [0.15, 0.2) is 22.7 Å². The molecule has 1 aromatic rings. The Morgan fingerprint density at radius 3 is 3.12 bits per heavy atom. The van der Waals surface area contributed by atoms with Crippen molar-refractivity contribution in [3.05, 3.63) is 33.8 Å². The molecule has 1 aromatic carbocycles. The molecule has 0 radical (unpaired) electrons. The molecular formula is C14H19BrN2. The number of nitrogens with one attached hydrogen (secondary N) is 1. The molecule has 3 heteroatoms. The van der Waals surface area contributed by atoms with E-state index in [0.717, 1.165) is 6.54 Å². The summed E-state index contributed by atoms with van der Waals surface area (Å²) in [5.74, 6) is 0. The lowest BCUT2D eigenvalue weighted by atomic mass is 10.1. The van der Waals surface area contributed by atoms with Gasteiger partial charge in [0.25, 0.3) is 0 Å². The topological polar surface area (TPSA) is 15.3 Å². The lowest BCUT2D eigenvalue weighted by Gasteiger charge is -2.36. The third-order valence-corrected chi connectivity index (χ3v) is 4.49. The third-order valence-electron chi connectivity index (χ3n) is 3.99. The van der Waals surface area contributed by atoms with Crippen LogP contribution in [0.25, 0.3) is 0 Å². The molecule has 2 unspecified atom stereocenters. The normalized spacial score (nSPS) is 29.3. The fourth-order valence-corrected chi connectivity index (χ4v) is 3.60. The molecule has 0 amide bonds. The van der Waals surface area contributed by atoms with Crippen molar-refractivity contribution in [1.82, 2.24) is 10.2 Å². The van der Waals surface area contributed by atoms with Gasteiger partial charge in [0.1, 0.15) is 0 Å². The summed E-state index contributed by atoms with van der Waals surface area (Å²) in [6, 6.07) is 8.07. The van der Waals surface area contributed by atoms with Crippen LogP contribution in [0.5, 0.6) is 0 Å². The van der Waals surface area contributed by atoms with Crippen LogP contribution >= 0.6 is 15.9 Å². The van der Waals surface area contributed by atoms with Gasteiger partial charge in [-0.2, -0.15) is 0 Å². The van der Waals surface area contributed by atoms with Crippen LogP contribution in [0.4, 0.5) is 0 Å². The summed E-state index contributed by atoms with van der Waals surface area (Å²) >= 11 is 3.57. The summed E-state index contributed by atoms with van der Waals surface area (Å²) in [6.07, 6.45) is 2.52. The van der Waals surface area contributed by atoms with E-state index >= 15 is 0 Å². The van der Waals surface area contributed by atoms with Gasteiger partial charge in [0.15, 0.2) is 0 Å². The number of benzene rings is 1. The van der Waals surface area contributed by atoms with Gasteiger partial charge in [-0.1, -0.05) is 22.0 Å². The summed E-state index contributed by atoms with van der Waals surface area (Å²) in [4.78, 5) is 2.65. The fraction of sp³-hybridized carbons (Fsp3) is 0.571. The first-order valence-corrected chi connectivity index (χ1v) is 7.29. The van der Waals surface area contributed by atoms with E-state index in [1.807, 2.05) is 0 Å². The molecule has 2 atom stereocenters. The van der Waals surface area contributed by atoms with E-state index in [-0.39, 0.29) is 0 Å². The van der Waals surface area contributed by atoms with E-state index < -0.39 is 0 Å². The minimum absolute atomic E-state index is 0.628. The Balaban J connectivity index is 1.83. The first-order chi connectivity index (χ1) is 8.24. The van der Waals surface area contributed by atoms with Crippen molar-refractivity contribution in [1.29, 1.82) is 0 Å². The predicted molar refractivity (Wildman–Crippen MR) is 74.2 cm³/mol. The molecule has 1 saturated heterocycles. The Labute approximate surface area is 112 Å². The zero-order chi connectivity index (χ0) is 11.8. The van der Waals surface area contributed by atoms with Crippen LogP contribution in [0.1, 0.15) is 30.5 Å². The molecule has 0 aromatic heterocycles. The number of halogens is 1. The molecule has 1 heterocycles. The Hall–Kier alpha value is -0.380. The zero-order valence-electron chi connectivity index (χ0n) is 10.2. The smallest absolute Gasteiger partial charge is 0.0355 e. The molecule has 2 nitrogen and oxygen atoms in total. The van der Waals surface area contributed by atoms with Gasteiger partial charge in [0.2, 0.25) is 0 Å². The van der Waals surface area contributed by atoms with E-state index in [0.29, 0.717) is 12.1 Å². The molecule has 0 bridgehead atoms. The number of aryl methyl sites for hydroxylation is 1. The summed E-state index contributed by atoms with van der Waals surface area (Å²) < 4.78 is 1.21. The summed E-state index contributed by atoms with van der Waals surface area (Å²) in [5, 5.41) is 3.52. The van der Waals surface area contributed by atoms with Crippen molar-refractivity contribution in [2.75, 3.05) is 19.6 Å². The standard InChI is InChI=1S/C14H19BrN2/c1-10-9-17(7-6-16-10)14-5-2-11-8-12(15)3-4-13(11)14/h3-4,8,10,14,16H,2,5-7,9H2,1H3. The molecular weight excluding hydrogens is 276 g/mol. The maximum Gasteiger partial charge on any atom is 0.0355 e. The molecule has 17 heavy (non-hydrogen) atoms. The minimum atomic E-state index is 0.628. The monoisotopic (exact) mass is 294 g/mol. The number of piperazine rings is 1. The van der Waals surface area contributed by atoms with Crippen molar-refractivity contribution in [2.24, 2.45) is 0 Å². The van der Waals surface area contributed by atoms with Gasteiger partial charge in [0.05, 0.1) is 0 Å². The predicted octanol–water partition coefficient (Wildman–Crippen LogP) is 2.73. The summed E-state index contributed by atoms with van der Waals surface area (Å²) in [7, 11) is 0. The lowest BCUT2D eigenvalue weighted by Crippen LogP contribution is -2.49. The molecule has 92 valence electrons. The molecule has 1 aliphatic carbocycles. The molecule has 0 spiro atoms. The molecule has 0 saturated carbocycles. The van der Waals surface area contributed by atoms with Crippen molar-refractivity contribution in [3.63, 3.8) is 0 Å². The van der Waals surface area contributed by atoms with Gasteiger partial charge in [-0.25, -0.2) is 0 Å². The number of fused-ring (bicyclic) bond motifs is 1. The SMILES string of the molecule is CC1CN(C2CCc3cc(Br)ccc32)CCN1. The van der Waals surface area contributed by atoms with Gasteiger partial charge in [-0.15, -0.1) is 0 Å². The second-order valence-electron chi connectivity index (χ2n) is 5.25. The zero-order valence-corrected chi connectivity index (χ0v) is 11.8. The number of nitrogens with zero attached hydrogens (tertiary/aromatic N) is 1. The van der Waals surface area contributed by atoms with Crippen LogP contribution < -0.4 is 5.32 Å². The van der Waals surface area contributed by atoms with E-state index in [1.54, 1.807) is 5.56 Å². The van der Waals surface area contributed by atoms with Crippen LogP contribution in [-0.2, 0) is 6.42 Å². The van der Waals surface area contributed by atoms with Crippen molar-refractivity contribution in [3.8, 4) is 0 Å². The van der Waals surface area contributed by atoms with Crippen molar-refractivity contribution < 1.29 is 0 Å². The first-order valence-electron chi connectivity index (χ1n) is 6.50. The van der Waals surface area contributed by atoms with Gasteiger partial charge < -0.3 is 5.32 Å². The van der Waals surface area contributed by atoms with E-state index in [4.69, 9.17) is 0 Å². The fourth-order valence-electron chi connectivity index (χ4n) is 3.19. The highest BCUT2D eigenvalue weighted by atomic mass is 79.9. The second-order valence-corrected chi connectivity index (χ2v) is 6.16. The van der Waals surface area contributed by atoms with Crippen LogP contribution in [0, 0.1) is 0 Å². The number of hydrogen-bond donors (Lipinski definition) is 1. The highest BCUT2D eigenvalue weighted by Crippen LogP contribution is 2.37. The molecule has 1 fully saturated rings. The molecule has 3 rings (SSSR count). The average Bonchev–Trinajstić information content (AvgIpc) is 2.71. The quantitative estimate of drug-likeness (QED) is 0.857. The Kier molecular flexibility index (Phi) is 3.24. The Bertz CT molecular complexity index is 419. The molecule has 2 aliphatic rings. The lowest BCUT2D eigenvalue weighted by molar-refractivity contribution is 0.148. The van der Waals surface area contributed by atoms with Crippen molar-refractivity contribution in [2.45, 2.75) is 31.8 Å². The van der Waals surface area contributed by atoms with E-state index in [2.05, 4.69) is 51.3 Å². The van der Waals surface area contributed by atoms with Gasteiger partial charge in [-0.3, -0.25) is 4.90 Å².